The van der Waals surface area contributed by atoms with Gasteiger partial charge in [-0.05, 0) is 41.0 Å². The number of methoxy groups -OCH3 is 1. The van der Waals surface area contributed by atoms with Crippen molar-refractivity contribution >= 4 is 22.6 Å². The highest BCUT2D eigenvalue weighted by atomic mass is 16.6. The van der Waals surface area contributed by atoms with Crippen LogP contribution in [0.1, 0.15) is 16.8 Å². The Morgan fingerprint density at radius 1 is 1.38 bits per heavy atom. The van der Waals surface area contributed by atoms with Crippen molar-refractivity contribution in [3.63, 3.8) is 0 Å². The Labute approximate surface area is 167 Å². The zero-order valence-corrected chi connectivity index (χ0v) is 16.0. The summed E-state index contributed by atoms with van der Waals surface area (Å²) in [5, 5.41) is 11.3. The monoisotopic (exact) mass is 395 g/mol. The van der Waals surface area contributed by atoms with Crippen LogP contribution >= 0.6 is 0 Å². The van der Waals surface area contributed by atoms with Gasteiger partial charge in [0.1, 0.15) is 19.1 Å². The summed E-state index contributed by atoms with van der Waals surface area (Å²) in [5.74, 6) is 0.103. The van der Waals surface area contributed by atoms with E-state index in [1.807, 2.05) is 29.2 Å². The first-order valence-corrected chi connectivity index (χ1v) is 9.41. The lowest BCUT2D eigenvalue weighted by molar-refractivity contribution is -0.152. The maximum Gasteiger partial charge on any atom is 0.339 e. The molecule has 1 aromatic heterocycles. The number of carbonyl (C=O) groups is 1. The molecule has 0 unspecified atom stereocenters. The van der Waals surface area contributed by atoms with Gasteiger partial charge in [0.15, 0.2) is 6.10 Å². The molecule has 150 valence electrons. The number of aliphatic hydroxyl groups excluding tert-OH is 1. The molecule has 0 saturated carbocycles. The average Bonchev–Trinajstić information content (AvgIpc) is 3.05. The van der Waals surface area contributed by atoms with E-state index >= 15 is 0 Å². The summed E-state index contributed by atoms with van der Waals surface area (Å²) in [4.78, 5) is 18.8. The molecule has 29 heavy (non-hydrogen) atoms. The number of hydrogen-bond donors (Lipinski definition) is 2. The molecule has 0 bridgehead atoms. The van der Waals surface area contributed by atoms with Gasteiger partial charge in [-0.15, -0.1) is 0 Å². The first-order chi connectivity index (χ1) is 14.1. The molecule has 8 nitrogen and oxygen atoms in total. The van der Waals surface area contributed by atoms with E-state index < -0.39 is 12.1 Å². The Kier molecular flexibility index (Phi) is 4.27. The first kappa shape index (κ1) is 18.1. The van der Waals surface area contributed by atoms with Crippen molar-refractivity contribution in [1.82, 2.24) is 9.88 Å². The summed E-state index contributed by atoms with van der Waals surface area (Å²) in [7, 11) is 1.63. The minimum Gasteiger partial charge on any atom is -0.497 e. The molecule has 3 N–H and O–H groups in total. The summed E-state index contributed by atoms with van der Waals surface area (Å²) in [6, 6.07) is 5.73. The van der Waals surface area contributed by atoms with Crippen molar-refractivity contribution in [1.29, 1.82) is 0 Å². The van der Waals surface area contributed by atoms with Crippen LogP contribution in [0.15, 0.2) is 35.4 Å². The Morgan fingerprint density at radius 2 is 2.24 bits per heavy atom. The molecule has 3 aliphatic rings. The molecule has 5 rings (SSSR count). The van der Waals surface area contributed by atoms with Crippen LogP contribution in [0.4, 0.5) is 0 Å². The van der Waals surface area contributed by atoms with Gasteiger partial charge in [-0.2, -0.15) is 0 Å². The van der Waals surface area contributed by atoms with Gasteiger partial charge in [0.2, 0.25) is 0 Å². The van der Waals surface area contributed by atoms with Crippen molar-refractivity contribution < 1.29 is 24.1 Å². The van der Waals surface area contributed by atoms with E-state index in [-0.39, 0.29) is 6.61 Å². The molecule has 4 heterocycles. The second kappa shape index (κ2) is 6.84. The van der Waals surface area contributed by atoms with E-state index in [1.165, 1.54) is 0 Å². The Bertz CT molecular complexity index is 1090. The van der Waals surface area contributed by atoms with E-state index in [0.717, 1.165) is 44.7 Å². The van der Waals surface area contributed by atoms with Crippen LogP contribution in [-0.2, 0) is 27.4 Å². The van der Waals surface area contributed by atoms with Gasteiger partial charge in [-0.1, -0.05) is 0 Å². The van der Waals surface area contributed by atoms with Gasteiger partial charge >= 0.3 is 5.97 Å². The minimum atomic E-state index is -1.32. The number of carbonyl (C=O) groups excluding carboxylic acids is 1. The van der Waals surface area contributed by atoms with Crippen molar-refractivity contribution in [3.05, 3.63) is 52.2 Å². The second-order valence-corrected chi connectivity index (χ2v) is 7.28. The van der Waals surface area contributed by atoms with Crippen LogP contribution in [0.25, 0.3) is 16.6 Å². The first-order valence-electron chi connectivity index (χ1n) is 9.41. The number of nitrogens with zero attached hydrogens (tertiary/aromatic N) is 2. The number of ether oxygens (including phenoxy) is 3. The third-order valence-electron chi connectivity index (χ3n) is 5.68. The van der Waals surface area contributed by atoms with Gasteiger partial charge in [-0.3, -0.25) is 0 Å². The highest BCUT2D eigenvalue weighted by molar-refractivity contribution is 5.89. The van der Waals surface area contributed by atoms with E-state index in [0.29, 0.717) is 32.0 Å². The van der Waals surface area contributed by atoms with E-state index in [2.05, 4.69) is 0 Å². The second-order valence-electron chi connectivity index (χ2n) is 7.28. The van der Waals surface area contributed by atoms with Crippen LogP contribution in [0.2, 0.25) is 0 Å². The van der Waals surface area contributed by atoms with Crippen LogP contribution in [0.5, 0.6) is 5.75 Å². The lowest BCUT2D eigenvalue weighted by Crippen LogP contribution is -2.34. The SMILES string of the molecule is COc1ccc2nc3c(c(CN)c2c1)CN1COCC2=C(/C=C/31)[C@H](O)C(=O)OC2. The molecular formula is C21H21N3O5. The van der Waals surface area contributed by atoms with Crippen molar-refractivity contribution in [2.75, 3.05) is 27.1 Å². The number of aliphatic hydroxyl groups is 1. The molecule has 0 amide bonds. The fourth-order valence-corrected chi connectivity index (χ4v) is 4.16. The van der Waals surface area contributed by atoms with Crippen LogP contribution < -0.4 is 10.5 Å². The molecule has 2 aromatic rings. The molecule has 3 aliphatic heterocycles. The molecular weight excluding hydrogens is 374 g/mol. The predicted octanol–water partition coefficient (Wildman–Crippen LogP) is 1.06. The Morgan fingerprint density at radius 3 is 3.03 bits per heavy atom. The lowest BCUT2D eigenvalue weighted by Gasteiger charge is -2.28. The number of rotatable bonds is 2. The van der Waals surface area contributed by atoms with Crippen molar-refractivity contribution in [2.24, 2.45) is 5.73 Å². The maximum atomic E-state index is 11.9. The summed E-state index contributed by atoms with van der Waals surface area (Å²) >= 11 is 0. The van der Waals surface area contributed by atoms with Gasteiger partial charge < -0.3 is 30.0 Å². The van der Waals surface area contributed by atoms with Gasteiger partial charge in [-0.25, -0.2) is 9.78 Å². The highest BCUT2D eigenvalue weighted by Crippen LogP contribution is 2.39. The number of benzene rings is 1. The number of pyridine rings is 1. The van der Waals surface area contributed by atoms with E-state index in [4.69, 9.17) is 24.9 Å². The zero-order valence-electron chi connectivity index (χ0n) is 16.0. The largest absolute Gasteiger partial charge is 0.497 e. The maximum absolute atomic E-state index is 11.9. The summed E-state index contributed by atoms with van der Waals surface area (Å²) < 4.78 is 16.2. The number of esters is 1. The normalized spacial score (nSPS) is 22.9. The fraction of sp³-hybridized carbons (Fsp3) is 0.333. The topological polar surface area (TPSA) is 107 Å². The lowest BCUT2D eigenvalue weighted by atomic mass is 9.97. The molecule has 0 spiro atoms. The summed E-state index contributed by atoms with van der Waals surface area (Å²) in [6.07, 6.45) is 0.523. The quantitative estimate of drug-likeness (QED) is 0.727. The molecule has 0 radical (unpaired) electrons. The summed E-state index contributed by atoms with van der Waals surface area (Å²) in [6.45, 7) is 1.75. The molecule has 0 fully saturated rings. The highest BCUT2D eigenvalue weighted by Gasteiger charge is 2.35. The van der Waals surface area contributed by atoms with E-state index in [1.54, 1.807) is 7.11 Å². The molecule has 1 atom stereocenters. The number of hydrogen-bond acceptors (Lipinski definition) is 8. The van der Waals surface area contributed by atoms with Gasteiger partial charge in [0.05, 0.1) is 30.6 Å². The number of nitrogens with two attached hydrogens (primary N) is 1. The van der Waals surface area contributed by atoms with E-state index in [9.17, 15) is 9.90 Å². The number of cyclic esters (lactones) is 1. The number of aromatic nitrogens is 1. The third-order valence-corrected chi connectivity index (χ3v) is 5.68. The standard InChI is InChI=1S/C21H21N3O5/c1-27-12-2-3-17-14(4-12)15(6-22)16-7-24-10-28-8-11-9-29-21(26)20(25)13(11)5-18(24)19(16)23-17/h2-5,20,25H,6-10,22H2,1H3/b18-5-/t20-/m0/s1. The van der Waals surface area contributed by atoms with Gasteiger partial charge in [0.25, 0.3) is 0 Å². The van der Waals surface area contributed by atoms with Crippen LogP contribution in [-0.4, -0.2) is 54.1 Å². The van der Waals surface area contributed by atoms with Crippen molar-refractivity contribution in [2.45, 2.75) is 19.2 Å². The molecule has 0 aliphatic carbocycles. The fourth-order valence-electron chi connectivity index (χ4n) is 4.16. The van der Waals surface area contributed by atoms with Gasteiger partial charge in [0, 0.05) is 24.0 Å². The zero-order chi connectivity index (χ0) is 20.1. The Balaban J connectivity index is 1.72. The van der Waals surface area contributed by atoms with Crippen LogP contribution in [0.3, 0.4) is 0 Å². The predicted molar refractivity (Wildman–Crippen MR) is 105 cm³/mol. The smallest absolute Gasteiger partial charge is 0.339 e. The average molecular weight is 395 g/mol. The van der Waals surface area contributed by atoms with Crippen LogP contribution in [0, 0.1) is 0 Å². The van der Waals surface area contributed by atoms with Crippen molar-refractivity contribution in [3.8, 4) is 5.75 Å². The minimum absolute atomic E-state index is 0.126. The Hall–Kier alpha value is -2.94. The molecule has 1 aromatic carbocycles. The molecule has 8 heteroatoms. The summed E-state index contributed by atoms with van der Waals surface area (Å²) in [5.41, 5.74) is 11.9. The number of fused-ring (bicyclic) bond motifs is 4. The third kappa shape index (κ3) is 2.79. The molecule has 0 saturated heterocycles.